The molecule has 4 rings (SSSR count). The van der Waals surface area contributed by atoms with Crippen molar-refractivity contribution in [1.82, 2.24) is 20.1 Å². The van der Waals surface area contributed by atoms with Gasteiger partial charge in [-0.25, -0.2) is 0 Å². The fourth-order valence-corrected chi connectivity index (χ4v) is 4.86. The molecule has 184 valence electrons. The Bertz CT molecular complexity index is 794. The Balaban J connectivity index is 1.27. The van der Waals surface area contributed by atoms with Gasteiger partial charge in [0, 0.05) is 51.4 Å². The lowest BCUT2D eigenvalue weighted by atomic mass is 9.88. The van der Waals surface area contributed by atoms with Gasteiger partial charge in [-0.2, -0.15) is 0 Å². The number of pyridine rings is 1. The Kier molecular flexibility index (Phi) is 9.72. The van der Waals surface area contributed by atoms with Gasteiger partial charge in [-0.05, 0) is 43.5 Å². The molecular weight excluding hydrogens is 428 g/mol. The molecular formula is C27H38N4O3. The summed E-state index contributed by atoms with van der Waals surface area (Å²) in [7, 11) is 0. The molecule has 0 spiro atoms. The number of nitrogens with one attached hydrogen (secondary N) is 1. The summed E-state index contributed by atoms with van der Waals surface area (Å²) >= 11 is 0. The van der Waals surface area contributed by atoms with Gasteiger partial charge in [-0.1, -0.05) is 30.3 Å². The zero-order valence-corrected chi connectivity index (χ0v) is 20.1. The lowest BCUT2D eigenvalue weighted by Gasteiger charge is -2.37. The zero-order chi connectivity index (χ0) is 23.4. The number of hydrogen-bond acceptors (Lipinski definition) is 6. The van der Waals surface area contributed by atoms with Gasteiger partial charge in [0.15, 0.2) is 0 Å². The molecule has 34 heavy (non-hydrogen) atoms. The second-order valence-corrected chi connectivity index (χ2v) is 9.39. The maximum atomic E-state index is 13.1. The molecule has 2 fully saturated rings. The average molecular weight is 467 g/mol. The van der Waals surface area contributed by atoms with Crippen molar-refractivity contribution in [2.75, 3.05) is 65.6 Å². The van der Waals surface area contributed by atoms with Crippen LogP contribution in [0.1, 0.15) is 18.4 Å². The molecule has 1 aromatic heterocycles. The summed E-state index contributed by atoms with van der Waals surface area (Å²) < 4.78 is 11.4. The third kappa shape index (κ3) is 8.08. The second-order valence-electron chi connectivity index (χ2n) is 9.39. The summed E-state index contributed by atoms with van der Waals surface area (Å²) in [5.74, 6) is 1.27. The molecule has 0 saturated carbocycles. The molecule has 1 amide bonds. The van der Waals surface area contributed by atoms with Crippen molar-refractivity contribution in [2.24, 2.45) is 11.8 Å². The first-order valence-electron chi connectivity index (χ1n) is 12.6. The number of carbonyl (C=O) groups excluding carboxylic acids is 1. The highest BCUT2D eigenvalue weighted by atomic mass is 16.5. The van der Waals surface area contributed by atoms with Crippen LogP contribution in [0.25, 0.3) is 0 Å². The number of amides is 1. The summed E-state index contributed by atoms with van der Waals surface area (Å²) in [5, 5.41) is 3.21. The third-order valence-electron chi connectivity index (χ3n) is 6.72. The number of likely N-dealkylation sites (tertiary alicyclic amines) is 1. The van der Waals surface area contributed by atoms with E-state index in [1.165, 1.54) is 5.56 Å². The lowest BCUT2D eigenvalue weighted by Crippen LogP contribution is -2.48. The topological polar surface area (TPSA) is 66.9 Å². The second kappa shape index (κ2) is 13.4. The minimum Gasteiger partial charge on any atom is -0.492 e. The van der Waals surface area contributed by atoms with E-state index in [4.69, 9.17) is 9.47 Å². The number of carbonyl (C=O) groups is 1. The minimum atomic E-state index is -0.00425. The lowest BCUT2D eigenvalue weighted by molar-refractivity contribution is -0.127. The van der Waals surface area contributed by atoms with Gasteiger partial charge in [0.05, 0.1) is 31.9 Å². The van der Waals surface area contributed by atoms with E-state index in [1.807, 2.05) is 12.1 Å². The molecule has 2 aliphatic rings. The van der Waals surface area contributed by atoms with Crippen molar-refractivity contribution in [3.63, 3.8) is 0 Å². The summed E-state index contributed by atoms with van der Waals surface area (Å²) in [5.41, 5.74) is 1.33. The highest BCUT2D eigenvalue weighted by Crippen LogP contribution is 2.24. The van der Waals surface area contributed by atoms with Gasteiger partial charge >= 0.3 is 0 Å². The molecule has 2 aromatic rings. The number of piperidine rings is 1. The highest BCUT2D eigenvalue weighted by Gasteiger charge is 2.31. The Morgan fingerprint density at radius 3 is 2.71 bits per heavy atom. The van der Waals surface area contributed by atoms with Crippen LogP contribution in [-0.2, 0) is 16.0 Å². The molecule has 7 heteroatoms. The Morgan fingerprint density at radius 1 is 1.06 bits per heavy atom. The standard InChI is InChI=1S/C27H38N4O3/c32-27(29-11-5-12-30-14-16-33-17-15-30)25-18-24(22-34-26-8-4-10-28-19-26)20-31(21-25)13-9-23-6-2-1-3-7-23/h1-4,6-8,10,19,24-25H,5,9,11-18,20-22H2,(H,29,32)/t24-,25+/m0/s1. The van der Waals surface area contributed by atoms with E-state index in [0.717, 1.165) is 84.0 Å². The van der Waals surface area contributed by atoms with Crippen molar-refractivity contribution < 1.29 is 14.3 Å². The van der Waals surface area contributed by atoms with Crippen molar-refractivity contribution in [3.8, 4) is 5.75 Å². The highest BCUT2D eigenvalue weighted by molar-refractivity contribution is 5.79. The third-order valence-corrected chi connectivity index (χ3v) is 6.72. The molecule has 3 heterocycles. The van der Waals surface area contributed by atoms with Gasteiger partial charge in [-0.3, -0.25) is 14.7 Å². The number of morpholine rings is 1. The number of nitrogens with zero attached hydrogens (tertiary/aromatic N) is 3. The van der Waals surface area contributed by atoms with Crippen LogP contribution >= 0.6 is 0 Å². The molecule has 0 bridgehead atoms. The Labute approximate surface area is 203 Å². The molecule has 2 saturated heterocycles. The first-order chi connectivity index (χ1) is 16.8. The summed E-state index contributed by atoms with van der Waals surface area (Å²) in [6.45, 7) is 8.68. The van der Waals surface area contributed by atoms with Gasteiger partial charge in [0.2, 0.25) is 5.91 Å². The van der Waals surface area contributed by atoms with Crippen molar-refractivity contribution in [1.29, 1.82) is 0 Å². The number of ether oxygens (including phenoxy) is 2. The average Bonchev–Trinajstić information content (AvgIpc) is 2.90. The number of rotatable bonds is 11. The van der Waals surface area contributed by atoms with Crippen LogP contribution in [0.4, 0.5) is 0 Å². The predicted octanol–water partition coefficient (Wildman–Crippen LogP) is 2.48. The fraction of sp³-hybridized carbons (Fsp3) is 0.556. The van der Waals surface area contributed by atoms with Crippen LogP contribution in [0, 0.1) is 11.8 Å². The van der Waals surface area contributed by atoms with Crippen LogP contribution in [0.5, 0.6) is 5.75 Å². The van der Waals surface area contributed by atoms with Crippen LogP contribution in [0.3, 0.4) is 0 Å². The largest absolute Gasteiger partial charge is 0.492 e. The van der Waals surface area contributed by atoms with E-state index in [0.29, 0.717) is 12.5 Å². The van der Waals surface area contributed by atoms with Gasteiger partial charge in [0.1, 0.15) is 5.75 Å². The van der Waals surface area contributed by atoms with E-state index in [1.54, 1.807) is 12.4 Å². The number of aromatic nitrogens is 1. The van der Waals surface area contributed by atoms with E-state index in [2.05, 4.69) is 50.4 Å². The maximum Gasteiger partial charge on any atom is 0.224 e. The zero-order valence-electron chi connectivity index (χ0n) is 20.1. The normalized spacial score (nSPS) is 21.8. The smallest absolute Gasteiger partial charge is 0.224 e. The monoisotopic (exact) mass is 466 g/mol. The van der Waals surface area contributed by atoms with Gasteiger partial charge in [0.25, 0.3) is 0 Å². The number of benzene rings is 1. The SMILES string of the molecule is O=C(NCCCN1CCOCC1)[C@@H]1C[C@H](COc2cccnc2)CN(CCc2ccccc2)C1. The first-order valence-corrected chi connectivity index (χ1v) is 12.6. The first kappa shape index (κ1) is 24.6. The molecule has 2 aliphatic heterocycles. The van der Waals surface area contributed by atoms with Crippen molar-refractivity contribution in [3.05, 3.63) is 60.4 Å². The van der Waals surface area contributed by atoms with E-state index < -0.39 is 0 Å². The quantitative estimate of drug-likeness (QED) is 0.514. The van der Waals surface area contributed by atoms with Crippen LogP contribution in [0.15, 0.2) is 54.9 Å². The number of hydrogen-bond donors (Lipinski definition) is 1. The van der Waals surface area contributed by atoms with E-state index in [9.17, 15) is 4.79 Å². The van der Waals surface area contributed by atoms with Gasteiger partial charge < -0.3 is 19.7 Å². The van der Waals surface area contributed by atoms with Crippen LogP contribution in [-0.4, -0.2) is 86.3 Å². The molecule has 2 atom stereocenters. The summed E-state index contributed by atoms with van der Waals surface area (Å²) in [6, 6.07) is 14.4. The summed E-state index contributed by atoms with van der Waals surface area (Å²) in [6.07, 6.45) is 6.32. The maximum absolute atomic E-state index is 13.1. The minimum absolute atomic E-state index is 0.00425. The van der Waals surface area contributed by atoms with Crippen LogP contribution in [0.2, 0.25) is 0 Å². The van der Waals surface area contributed by atoms with Gasteiger partial charge in [-0.15, -0.1) is 0 Å². The van der Waals surface area contributed by atoms with Crippen molar-refractivity contribution in [2.45, 2.75) is 19.3 Å². The molecule has 7 nitrogen and oxygen atoms in total. The Hall–Kier alpha value is -2.48. The van der Waals surface area contributed by atoms with E-state index >= 15 is 0 Å². The van der Waals surface area contributed by atoms with E-state index in [-0.39, 0.29) is 11.8 Å². The predicted molar refractivity (Wildman–Crippen MR) is 133 cm³/mol. The molecule has 0 radical (unpaired) electrons. The summed E-state index contributed by atoms with van der Waals surface area (Å²) in [4.78, 5) is 22.0. The molecule has 1 N–H and O–H groups in total. The van der Waals surface area contributed by atoms with Crippen LogP contribution < -0.4 is 10.1 Å². The fourth-order valence-electron chi connectivity index (χ4n) is 4.86. The van der Waals surface area contributed by atoms with Crippen molar-refractivity contribution >= 4 is 5.91 Å². The molecule has 0 unspecified atom stereocenters. The molecule has 0 aliphatic carbocycles. The Morgan fingerprint density at radius 2 is 1.91 bits per heavy atom. The molecule has 1 aromatic carbocycles.